The van der Waals surface area contributed by atoms with Gasteiger partial charge in [0.05, 0.1) is 6.07 Å². The summed E-state index contributed by atoms with van der Waals surface area (Å²) in [4.78, 5) is 8.90. The summed E-state index contributed by atoms with van der Waals surface area (Å²) in [5.41, 5.74) is 0. The number of aliphatic carboxylic acids is 1. The molecule has 0 aromatic rings. The van der Waals surface area contributed by atoms with Crippen molar-refractivity contribution >= 4 is 5.97 Å². The molecule has 0 radical (unpaired) electrons. The lowest BCUT2D eigenvalue weighted by molar-refractivity contribution is -0.192. The Morgan fingerprint density at radius 2 is 1.50 bits per heavy atom. The number of alkyl halides is 3. The van der Waals surface area contributed by atoms with Crippen LogP contribution in [0.25, 0.3) is 0 Å². The number of hydrogen-bond donors (Lipinski definition) is 2. The molecule has 0 fully saturated rings. The van der Waals surface area contributed by atoms with E-state index in [2.05, 4.69) is 0 Å². The monoisotopic (exact) mass is 215 g/mol. The number of carboxylic acid groups (broad SMARTS) is 1. The smallest absolute Gasteiger partial charge is 0.475 e. The lowest BCUT2D eigenvalue weighted by Gasteiger charge is -1.93. The molecule has 0 unspecified atom stereocenters. The van der Waals surface area contributed by atoms with Crippen molar-refractivity contribution < 1.29 is 28.2 Å². The molecule has 0 bridgehead atoms. The topological polar surface area (TPSA) is 81.3 Å². The second-order valence-electron chi connectivity index (χ2n) is 2.12. The van der Waals surface area contributed by atoms with Crippen LogP contribution in [0.1, 0.15) is 20.8 Å². The van der Waals surface area contributed by atoms with E-state index < -0.39 is 12.1 Å². The summed E-state index contributed by atoms with van der Waals surface area (Å²) in [6.45, 7) is 4.88. The molecule has 0 aromatic carbocycles. The minimum Gasteiger partial charge on any atom is -0.475 e. The molecule has 0 aliphatic rings. The van der Waals surface area contributed by atoms with Crippen molar-refractivity contribution in [2.45, 2.75) is 33.1 Å². The van der Waals surface area contributed by atoms with Crippen molar-refractivity contribution in [3.63, 3.8) is 0 Å². The Balaban J connectivity index is -0.000000147. The number of rotatable bonds is 0. The zero-order chi connectivity index (χ0) is 12.4. The number of carboxylic acids is 1. The Morgan fingerprint density at radius 3 is 1.50 bits per heavy atom. The van der Waals surface area contributed by atoms with Crippen LogP contribution in [0.4, 0.5) is 13.2 Å². The fourth-order valence-electron chi connectivity index (χ4n) is 0. The Labute approximate surface area is 79.6 Å². The molecule has 0 amide bonds. The molecule has 0 aromatic heterocycles. The lowest BCUT2D eigenvalue weighted by atomic mass is 10.5. The number of halogens is 3. The van der Waals surface area contributed by atoms with Gasteiger partial charge in [-0.05, 0) is 13.8 Å². The highest BCUT2D eigenvalue weighted by atomic mass is 19.4. The molecule has 2 N–H and O–H groups in total. The third kappa shape index (κ3) is 45.5. The first kappa shape index (κ1) is 18.5. The number of nitrogens with zero attached hydrogens (tertiary/aromatic N) is 1. The van der Waals surface area contributed by atoms with Crippen LogP contribution in [-0.2, 0) is 4.79 Å². The molecule has 0 rings (SSSR count). The number of aliphatic hydroxyl groups excluding tert-OH is 1. The van der Waals surface area contributed by atoms with E-state index >= 15 is 0 Å². The third-order valence-corrected chi connectivity index (χ3v) is 0.243. The highest BCUT2D eigenvalue weighted by Crippen LogP contribution is 2.13. The van der Waals surface area contributed by atoms with Gasteiger partial charge in [-0.15, -0.1) is 0 Å². The van der Waals surface area contributed by atoms with E-state index in [0.717, 1.165) is 0 Å². The number of carbonyl (C=O) groups is 1. The van der Waals surface area contributed by atoms with Gasteiger partial charge in [-0.2, -0.15) is 18.4 Å². The average molecular weight is 215 g/mol. The Bertz CT molecular complexity index is 181. The second kappa shape index (κ2) is 9.80. The maximum absolute atomic E-state index is 10.6. The summed E-state index contributed by atoms with van der Waals surface area (Å²) in [5.74, 6) is -2.76. The molecule has 14 heavy (non-hydrogen) atoms. The fraction of sp³-hybridized carbons (Fsp3) is 0.714. The van der Waals surface area contributed by atoms with Crippen molar-refractivity contribution in [3.8, 4) is 6.07 Å². The van der Waals surface area contributed by atoms with Gasteiger partial charge in [0, 0.05) is 13.0 Å². The highest BCUT2D eigenvalue weighted by molar-refractivity contribution is 5.73. The van der Waals surface area contributed by atoms with Crippen LogP contribution in [0, 0.1) is 11.3 Å². The van der Waals surface area contributed by atoms with Crippen molar-refractivity contribution in [2.24, 2.45) is 0 Å². The van der Waals surface area contributed by atoms with Crippen LogP contribution in [-0.4, -0.2) is 28.5 Å². The molecule has 0 aliphatic carbocycles. The summed E-state index contributed by atoms with van der Waals surface area (Å²) >= 11 is 0. The SMILES string of the molecule is CC#N.CC(C)O.O=C(O)C(F)(F)F. The standard InChI is InChI=1S/C3H8O.C2HF3O2.C2H3N/c1-3(2)4;3-2(4,5)1(6)7;1-2-3/h3-4H,1-2H3;(H,6,7);1H3. The van der Waals surface area contributed by atoms with Crippen molar-refractivity contribution in [3.05, 3.63) is 0 Å². The summed E-state index contributed by atoms with van der Waals surface area (Å²) in [6, 6.07) is 1.75. The van der Waals surface area contributed by atoms with E-state index in [4.69, 9.17) is 20.3 Å². The average Bonchev–Trinajstić information content (AvgIpc) is 1.84. The Morgan fingerprint density at radius 1 is 1.43 bits per heavy atom. The van der Waals surface area contributed by atoms with Gasteiger partial charge in [0.2, 0.25) is 0 Å². The highest BCUT2D eigenvalue weighted by Gasteiger charge is 2.38. The van der Waals surface area contributed by atoms with E-state index in [9.17, 15) is 13.2 Å². The van der Waals surface area contributed by atoms with Crippen LogP contribution in [0.5, 0.6) is 0 Å². The van der Waals surface area contributed by atoms with Crippen LogP contribution < -0.4 is 0 Å². The first-order chi connectivity index (χ1) is 6.09. The maximum Gasteiger partial charge on any atom is 0.490 e. The van der Waals surface area contributed by atoms with Gasteiger partial charge < -0.3 is 10.2 Å². The summed E-state index contributed by atoms with van der Waals surface area (Å²) < 4.78 is 31.7. The van der Waals surface area contributed by atoms with Crippen LogP contribution in [0.15, 0.2) is 0 Å². The predicted molar refractivity (Wildman–Crippen MR) is 42.3 cm³/mol. The summed E-state index contributed by atoms with van der Waals surface area (Å²) in [5, 5.41) is 22.5. The van der Waals surface area contributed by atoms with E-state index in [0.29, 0.717) is 0 Å². The van der Waals surface area contributed by atoms with Crippen molar-refractivity contribution in [2.75, 3.05) is 0 Å². The summed E-state index contributed by atoms with van der Waals surface area (Å²) in [6.07, 6.45) is -5.25. The van der Waals surface area contributed by atoms with Crippen LogP contribution >= 0.6 is 0 Å². The minimum atomic E-state index is -5.08. The normalized spacial score (nSPS) is 8.79. The van der Waals surface area contributed by atoms with E-state index in [1.165, 1.54) is 6.92 Å². The van der Waals surface area contributed by atoms with Gasteiger partial charge in [0.15, 0.2) is 0 Å². The molecule has 0 saturated heterocycles. The zero-order valence-corrected chi connectivity index (χ0v) is 7.96. The van der Waals surface area contributed by atoms with Gasteiger partial charge in [0.1, 0.15) is 0 Å². The van der Waals surface area contributed by atoms with Crippen molar-refractivity contribution in [1.82, 2.24) is 0 Å². The number of aliphatic hydroxyl groups is 1. The molecule has 0 aliphatic heterocycles. The van der Waals surface area contributed by atoms with Gasteiger partial charge in [-0.25, -0.2) is 4.79 Å². The van der Waals surface area contributed by atoms with E-state index in [-0.39, 0.29) is 6.10 Å². The fourth-order valence-corrected chi connectivity index (χ4v) is 0. The quantitative estimate of drug-likeness (QED) is 0.642. The molecule has 4 nitrogen and oxygen atoms in total. The van der Waals surface area contributed by atoms with Crippen LogP contribution in [0.3, 0.4) is 0 Å². The van der Waals surface area contributed by atoms with E-state index in [1.807, 2.05) is 0 Å². The first-order valence-corrected chi connectivity index (χ1v) is 3.38. The van der Waals surface area contributed by atoms with Gasteiger partial charge >= 0.3 is 12.1 Å². The lowest BCUT2D eigenvalue weighted by Crippen LogP contribution is -2.21. The second-order valence-corrected chi connectivity index (χ2v) is 2.12. The number of hydrogen-bond acceptors (Lipinski definition) is 3. The largest absolute Gasteiger partial charge is 0.490 e. The molecule has 0 atom stereocenters. The maximum atomic E-state index is 10.6. The first-order valence-electron chi connectivity index (χ1n) is 3.38. The van der Waals surface area contributed by atoms with Crippen molar-refractivity contribution in [1.29, 1.82) is 5.26 Å². The Kier molecular flexibility index (Phi) is 12.9. The molecule has 0 heterocycles. The molecule has 84 valence electrons. The molecular formula is C7H12F3NO3. The molecule has 7 heteroatoms. The third-order valence-electron chi connectivity index (χ3n) is 0.243. The van der Waals surface area contributed by atoms with E-state index in [1.54, 1.807) is 19.9 Å². The summed E-state index contributed by atoms with van der Waals surface area (Å²) in [7, 11) is 0. The molecule has 0 saturated carbocycles. The van der Waals surface area contributed by atoms with Gasteiger partial charge in [-0.3, -0.25) is 0 Å². The van der Waals surface area contributed by atoms with Crippen LogP contribution in [0.2, 0.25) is 0 Å². The molecule has 0 spiro atoms. The predicted octanol–water partition coefficient (Wildman–Crippen LogP) is 1.55. The number of nitriles is 1. The minimum absolute atomic E-state index is 0.167. The molecular weight excluding hydrogens is 203 g/mol. The van der Waals surface area contributed by atoms with Gasteiger partial charge in [-0.1, -0.05) is 0 Å². The van der Waals surface area contributed by atoms with Gasteiger partial charge in [0.25, 0.3) is 0 Å². The zero-order valence-electron chi connectivity index (χ0n) is 7.96. The Hall–Kier alpha value is -1.29.